The lowest BCUT2D eigenvalue weighted by Crippen LogP contribution is -2.11. The fourth-order valence-corrected chi connectivity index (χ4v) is 1.59. The number of aromatic nitrogens is 1. The van der Waals surface area contributed by atoms with Crippen LogP contribution in [-0.2, 0) is 6.42 Å². The molecule has 0 aromatic carbocycles. The zero-order valence-electron chi connectivity index (χ0n) is 7.34. The van der Waals surface area contributed by atoms with Gasteiger partial charge in [-0.15, -0.1) is 0 Å². The van der Waals surface area contributed by atoms with Gasteiger partial charge in [-0.3, -0.25) is 0 Å². The Morgan fingerprint density at radius 2 is 2.67 bits per heavy atom. The largest absolute Gasteiger partial charge is 0.359 e. The van der Waals surface area contributed by atoms with Gasteiger partial charge in [-0.25, -0.2) is 0 Å². The molecule has 1 aliphatic rings. The van der Waals surface area contributed by atoms with Crippen LogP contribution in [0.4, 0.5) is 0 Å². The highest BCUT2D eigenvalue weighted by Crippen LogP contribution is 2.23. The van der Waals surface area contributed by atoms with E-state index in [1.807, 2.05) is 0 Å². The zero-order chi connectivity index (χ0) is 8.39. The first-order chi connectivity index (χ1) is 5.90. The fraction of sp³-hybridized carbons (Fsp3) is 0.667. The third-order valence-electron chi connectivity index (χ3n) is 2.34. The van der Waals surface area contributed by atoms with Crippen LogP contribution in [0.5, 0.6) is 0 Å². The number of aryl methyl sites for hydroxylation is 1. The smallest absolute Gasteiger partial charge is 0.153 e. The van der Waals surface area contributed by atoms with Gasteiger partial charge in [-0.05, 0) is 25.8 Å². The molecule has 0 bridgehead atoms. The molecule has 0 amide bonds. The highest BCUT2D eigenvalue weighted by Gasteiger charge is 2.19. The molecule has 1 N–H and O–H groups in total. The summed E-state index contributed by atoms with van der Waals surface area (Å²) in [7, 11) is 0. The van der Waals surface area contributed by atoms with Crippen LogP contribution in [0.3, 0.4) is 0 Å². The van der Waals surface area contributed by atoms with Gasteiger partial charge in [0.05, 0.1) is 11.7 Å². The highest BCUT2D eigenvalue weighted by molar-refractivity contribution is 5.10. The van der Waals surface area contributed by atoms with Crippen molar-refractivity contribution in [1.82, 2.24) is 10.5 Å². The van der Waals surface area contributed by atoms with E-state index in [0.29, 0.717) is 6.04 Å². The molecule has 3 heteroatoms. The minimum Gasteiger partial charge on any atom is -0.359 e. The van der Waals surface area contributed by atoms with Crippen LogP contribution in [0, 0.1) is 0 Å². The molecule has 0 spiro atoms. The van der Waals surface area contributed by atoms with Crippen LogP contribution < -0.4 is 5.32 Å². The first-order valence-electron chi connectivity index (χ1n) is 4.59. The van der Waals surface area contributed by atoms with Crippen molar-refractivity contribution in [2.24, 2.45) is 0 Å². The average Bonchev–Trinajstić information content (AvgIpc) is 2.75. The monoisotopic (exact) mass is 166 g/mol. The van der Waals surface area contributed by atoms with E-state index in [2.05, 4.69) is 23.5 Å². The minimum atomic E-state index is 0.415. The molecule has 0 aliphatic carbocycles. The van der Waals surface area contributed by atoms with Crippen molar-refractivity contribution in [1.29, 1.82) is 0 Å². The van der Waals surface area contributed by atoms with Gasteiger partial charge in [0.1, 0.15) is 0 Å². The van der Waals surface area contributed by atoms with Crippen LogP contribution in [0.25, 0.3) is 0 Å². The summed E-state index contributed by atoms with van der Waals surface area (Å²) in [6, 6.07) is 2.47. The lowest BCUT2D eigenvalue weighted by Gasteiger charge is -2.02. The highest BCUT2D eigenvalue weighted by atomic mass is 16.5. The van der Waals surface area contributed by atoms with E-state index in [1.54, 1.807) is 0 Å². The molecule has 0 unspecified atom stereocenters. The van der Waals surface area contributed by atoms with Crippen LogP contribution in [0.15, 0.2) is 10.6 Å². The molecule has 1 aliphatic heterocycles. The van der Waals surface area contributed by atoms with Crippen molar-refractivity contribution in [3.05, 3.63) is 17.5 Å². The molecule has 1 aromatic rings. The van der Waals surface area contributed by atoms with Gasteiger partial charge >= 0.3 is 0 Å². The second kappa shape index (κ2) is 3.27. The van der Waals surface area contributed by atoms with E-state index in [0.717, 1.165) is 24.4 Å². The first-order valence-corrected chi connectivity index (χ1v) is 4.59. The SMILES string of the molecule is CCc1cc([C@H]2CCCN2)on1. The predicted molar refractivity (Wildman–Crippen MR) is 45.9 cm³/mol. The van der Waals surface area contributed by atoms with Crippen molar-refractivity contribution < 1.29 is 4.52 Å². The quantitative estimate of drug-likeness (QED) is 0.726. The lowest BCUT2D eigenvalue weighted by atomic mass is 10.1. The molecule has 12 heavy (non-hydrogen) atoms. The van der Waals surface area contributed by atoms with E-state index >= 15 is 0 Å². The minimum absolute atomic E-state index is 0.415. The van der Waals surface area contributed by atoms with Crippen molar-refractivity contribution in [2.45, 2.75) is 32.2 Å². The fourth-order valence-electron chi connectivity index (χ4n) is 1.59. The topological polar surface area (TPSA) is 38.1 Å². The van der Waals surface area contributed by atoms with Gasteiger partial charge in [0.2, 0.25) is 0 Å². The Hall–Kier alpha value is -0.830. The van der Waals surface area contributed by atoms with Crippen molar-refractivity contribution in [3.63, 3.8) is 0 Å². The van der Waals surface area contributed by atoms with Crippen molar-refractivity contribution in [3.8, 4) is 0 Å². The van der Waals surface area contributed by atoms with Crippen LogP contribution >= 0.6 is 0 Å². The standard InChI is InChI=1S/C9H14N2O/c1-2-7-6-9(12-11-7)8-4-3-5-10-8/h6,8,10H,2-5H2,1H3/t8-/m1/s1. The molecule has 2 rings (SSSR count). The second-order valence-corrected chi connectivity index (χ2v) is 3.22. The molecule has 0 radical (unpaired) electrons. The van der Waals surface area contributed by atoms with Crippen LogP contribution in [0.1, 0.15) is 37.3 Å². The molecule has 1 fully saturated rings. The molecule has 1 aromatic heterocycles. The third kappa shape index (κ3) is 1.37. The van der Waals surface area contributed by atoms with Crippen molar-refractivity contribution >= 4 is 0 Å². The molecule has 1 atom stereocenters. The Morgan fingerprint density at radius 1 is 1.75 bits per heavy atom. The summed E-state index contributed by atoms with van der Waals surface area (Å²) in [6.45, 7) is 3.19. The molecule has 66 valence electrons. The van der Waals surface area contributed by atoms with Gasteiger partial charge in [-0.2, -0.15) is 0 Å². The molecule has 3 nitrogen and oxygen atoms in total. The summed E-state index contributed by atoms with van der Waals surface area (Å²) >= 11 is 0. The van der Waals surface area contributed by atoms with Crippen LogP contribution in [0.2, 0.25) is 0 Å². The first kappa shape index (κ1) is 7.80. The third-order valence-corrected chi connectivity index (χ3v) is 2.34. The summed E-state index contributed by atoms with van der Waals surface area (Å²) < 4.78 is 5.23. The van der Waals surface area contributed by atoms with E-state index in [-0.39, 0.29) is 0 Å². The Bertz CT molecular complexity index is 251. The van der Waals surface area contributed by atoms with E-state index < -0.39 is 0 Å². The zero-order valence-corrected chi connectivity index (χ0v) is 7.34. The summed E-state index contributed by atoms with van der Waals surface area (Å²) in [5, 5.41) is 7.34. The molecule has 2 heterocycles. The van der Waals surface area contributed by atoms with Gasteiger partial charge in [0.15, 0.2) is 5.76 Å². The number of hydrogen-bond acceptors (Lipinski definition) is 3. The number of nitrogens with one attached hydrogen (secondary N) is 1. The normalized spacial score (nSPS) is 23.2. The number of hydrogen-bond donors (Lipinski definition) is 1. The summed E-state index contributed by atoms with van der Waals surface area (Å²) in [5.41, 5.74) is 1.05. The van der Waals surface area contributed by atoms with Crippen molar-refractivity contribution in [2.75, 3.05) is 6.54 Å². The predicted octanol–water partition coefficient (Wildman–Crippen LogP) is 1.66. The summed E-state index contributed by atoms with van der Waals surface area (Å²) in [6.07, 6.45) is 3.38. The maximum atomic E-state index is 5.23. The van der Waals surface area contributed by atoms with E-state index in [1.165, 1.54) is 12.8 Å². The van der Waals surface area contributed by atoms with E-state index in [4.69, 9.17) is 4.52 Å². The Morgan fingerprint density at radius 3 is 3.25 bits per heavy atom. The Labute approximate surface area is 72.1 Å². The maximum absolute atomic E-state index is 5.23. The summed E-state index contributed by atoms with van der Waals surface area (Å²) in [5.74, 6) is 1.00. The molecular weight excluding hydrogens is 152 g/mol. The Balaban J connectivity index is 2.11. The van der Waals surface area contributed by atoms with Gasteiger partial charge in [-0.1, -0.05) is 12.1 Å². The average molecular weight is 166 g/mol. The van der Waals surface area contributed by atoms with Gasteiger partial charge < -0.3 is 9.84 Å². The maximum Gasteiger partial charge on any atom is 0.153 e. The lowest BCUT2D eigenvalue weighted by molar-refractivity contribution is 0.347. The molecule has 0 saturated carbocycles. The Kier molecular flexibility index (Phi) is 2.13. The molecule has 1 saturated heterocycles. The summed E-state index contributed by atoms with van der Waals surface area (Å²) in [4.78, 5) is 0. The second-order valence-electron chi connectivity index (χ2n) is 3.22. The van der Waals surface area contributed by atoms with Gasteiger partial charge in [0, 0.05) is 6.07 Å². The van der Waals surface area contributed by atoms with Crippen LogP contribution in [-0.4, -0.2) is 11.7 Å². The molecular formula is C9H14N2O. The number of nitrogens with zero attached hydrogens (tertiary/aromatic N) is 1. The van der Waals surface area contributed by atoms with E-state index in [9.17, 15) is 0 Å². The number of rotatable bonds is 2. The van der Waals surface area contributed by atoms with Gasteiger partial charge in [0.25, 0.3) is 0 Å².